The standard InChI is InChI=1S/C14H12F3NO3/c1-9(19)12(13(20)21)8-18-6-5-10-3-2-4-11(7-10)14(15,16)17/h2-4,7H,5-6H2,1H3,(H,20,21)/p+1. The van der Waals surface area contributed by atoms with Gasteiger partial charge in [-0.1, -0.05) is 23.0 Å². The fraction of sp³-hybridized carbons (Fsp3) is 0.286. The summed E-state index contributed by atoms with van der Waals surface area (Å²) in [7, 11) is 0. The Kier molecular flexibility index (Phi) is 5.36. The van der Waals surface area contributed by atoms with Gasteiger partial charge in [0.1, 0.15) is 5.76 Å². The minimum atomic E-state index is -4.40. The first-order chi connectivity index (χ1) is 9.71. The second kappa shape index (κ2) is 6.79. The Labute approximate surface area is 119 Å². The smallest absolute Gasteiger partial charge is 0.416 e. The van der Waals surface area contributed by atoms with Gasteiger partial charge in [-0.15, -0.1) is 0 Å². The molecule has 2 N–H and O–H groups in total. The first kappa shape index (κ1) is 16.6. The van der Waals surface area contributed by atoms with Crippen molar-refractivity contribution >= 4 is 5.97 Å². The lowest BCUT2D eigenvalue weighted by Gasteiger charge is -2.06. The Bertz CT molecular complexity index is 620. The molecule has 0 amide bonds. The van der Waals surface area contributed by atoms with Gasteiger partial charge in [0, 0.05) is 6.42 Å². The number of rotatable bonds is 3. The molecule has 7 heteroatoms. The minimum Gasteiger partial charge on any atom is -0.511 e. The Balaban J connectivity index is 2.75. The van der Waals surface area contributed by atoms with Crippen molar-refractivity contribution in [1.29, 1.82) is 0 Å². The molecule has 0 radical (unpaired) electrons. The van der Waals surface area contributed by atoms with Crippen LogP contribution in [0.1, 0.15) is 18.1 Å². The van der Waals surface area contributed by atoms with Gasteiger partial charge in [-0.25, -0.2) is 4.79 Å². The highest BCUT2D eigenvalue weighted by atomic mass is 19.4. The summed E-state index contributed by atoms with van der Waals surface area (Å²) in [6.45, 7) is 1.24. The maximum Gasteiger partial charge on any atom is 0.416 e. The number of hydrogen-bond donors (Lipinski definition) is 2. The molecule has 0 aliphatic carbocycles. The zero-order chi connectivity index (χ0) is 16.0. The molecule has 21 heavy (non-hydrogen) atoms. The number of aliphatic hydroxyl groups is 1. The van der Waals surface area contributed by atoms with Gasteiger partial charge in [-0.2, -0.15) is 13.2 Å². The van der Waals surface area contributed by atoms with Crippen molar-refractivity contribution in [3.63, 3.8) is 0 Å². The number of alkyl halides is 3. The molecule has 4 nitrogen and oxygen atoms in total. The van der Waals surface area contributed by atoms with Crippen LogP contribution < -0.4 is 0 Å². The van der Waals surface area contributed by atoms with Gasteiger partial charge in [0.05, 0.1) is 5.56 Å². The zero-order valence-electron chi connectivity index (χ0n) is 11.1. The molecule has 0 saturated carbocycles. The van der Waals surface area contributed by atoms with E-state index in [2.05, 4.69) is 10.9 Å². The van der Waals surface area contributed by atoms with Gasteiger partial charge in [0.25, 0.3) is 6.54 Å². The van der Waals surface area contributed by atoms with Crippen molar-refractivity contribution in [3.8, 4) is 6.07 Å². The number of halogens is 3. The summed E-state index contributed by atoms with van der Waals surface area (Å²) < 4.78 is 37.5. The molecule has 1 aromatic rings. The monoisotopic (exact) mass is 300 g/mol. The quantitative estimate of drug-likeness (QED) is 0.510. The van der Waals surface area contributed by atoms with Crippen LogP contribution in [0.4, 0.5) is 13.2 Å². The number of carbonyl (C=O) groups is 1. The molecule has 0 saturated heterocycles. The summed E-state index contributed by atoms with van der Waals surface area (Å²) in [5.41, 5.74) is -0.790. The van der Waals surface area contributed by atoms with Crippen LogP contribution >= 0.6 is 0 Å². The van der Waals surface area contributed by atoms with E-state index in [9.17, 15) is 18.0 Å². The van der Waals surface area contributed by atoms with Crippen LogP contribution in [0.25, 0.3) is 4.85 Å². The highest BCUT2D eigenvalue weighted by molar-refractivity contribution is 5.91. The normalized spacial score (nSPS) is 12.2. The second-order valence-corrected chi connectivity index (χ2v) is 4.21. The number of aliphatic hydroxyl groups excluding tert-OH is 1. The molecule has 112 valence electrons. The van der Waals surface area contributed by atoms with Crippen LogP contribution in [0.3, 0.4) is 0 Å². The van der Waals surface area contributed by atoms with E-state index in [4.69, 9.17) is 10.2 Å². The average molecular weight is 300 g/mol. The molecule has 1 rings (SSSR count). The molecule has 0 unspecified atom stereocenters. The Hall–Kier alpha value is -2.49. The maximum atomic E-state index is 12.5. The predicted molar refractivity (Wildman–Crippen MR) is 70.2 cm³/mol. The summed E-state index contributed by atoms with van der Waals surface area (Å²) in [4.78, 5) is 14.4. The third-order valence-electron chi connectivity index (χ3n) is 2.53. The molecular weight excluding hydrogens is 287 g/mol. The van der Waals surface area contributed by atoms with Crippen LogP contribution in [0, 0.1) is 6.07 Å². The van der Waals surface area contributed by atoms with E-state index in [1.165, 1.54) is 19.1 Å². The van der Waals surface area contributed by atoms with E-state index >= 15 is 0 Å². The van der Waals surface area contributed by atoms with Crippen molar-refractivity contribution in [3.05, 3.63) is 51.6 Å². The SMILES string of the molecule is CC(O)=C(C#[N+]CCc1cccc(C(F)(F)F)c1)C(=O)O. The van der Waals surface area contributed by atoms with Gasteiger partial charge in [0.15, 0.2) is 0 Å². The summed E-state index contributed by atoms with van der Waals surface area (Å²) in [5.74, 6) is -1.82. The third kappa shape index (κ3) is 5.18. The summed E-state index contributed by atoms with van der Waals surface area (Å²) in [6, 6.07) is 6.97. The van der Waals surface area contributed by atoms with Gasteiger partial charge >= 0.3 is 18.2 Å². The topological polar surface area (TPSA) is 61.9 Å². The van der Waals surface area contributed by atoms with Gasteiger partial charge in [-0.05, 0) is 18.6 Å². The number of allylic oxidation sites excluding steroid dienone is 1. The van der Waals surface area contributed by atoms with Crippen molar-refractivity contribution in [2.75, 3.05) is 6.54 Å². The number of benzene rings is 1. The Morgan fingerprint density at radius 3 is 2.52 bits per heavy atom. The molecule has 0 aliphatic rings. The van der Waals surface area contributed by atoms with Crippen LogP contribution in [0.15, 0.2) is 35.6 Å². The Morgan fingerprint density at radius 1 is 1.33 bits per heavy atom. The van der Waals surface area contributed by atoms with Gasteiger partial charge in [0.2, 0.25) is 5.57 Å². The van der Waals surface area contributed by atoms with Crippen molar-refractivity contribution in [1.82, 2.24) is 0 Å². The van der Waals surface area contributed by atoms with E-state index in [-0.39, 0.29) is 13.0 Å². The Morgan fingerprint density at radius 2 is 2.00 bits per heavy atom. The molecule has 0 spiro atoms. The first-order valence-electron chi connectivity index (χ1n) is 5.93. The fourth-order valence-electron chi connectivity index (χ4n) is 1.51. The van der Waals surface area contributed by atoms with Gasteiger partial charge < -0.3 is 10.2 Å². The van der Waals surface area contributed by atoms with Crippen LogP contribution in [-0.2, 0) is 17.4 Å². The average Bonchev–Trinajstić information content (AvgIpc) is 2.37. The summed E-state index contributed by atoms with van der Waals surface area (Å²) in [6.07, 6.45) is -4.20. The van der Waals surface area contributed by atoms with Crippen molar-refractivity contribution in [2.45, 2.75) is 19.5 Å². The van der Waals surface area contributed by atoms with Crippen LogP contribution in [0.2, 0.25) is 0 Å². The molecule has 0 aliphatic heterocycles. The highest BCUT2D eigenvalue weighted by Gasteiger charge is 2.30. The molecule has 0 atom stereocenters. The third-order valence-corrected chi connectivity index (χ3v) is 2.53. The number of carboxylic acid groups (broad SMARTS) is 1. The molecule has 1 aromatic carbocycles. The van der Waals surface area contributed by atoms with E-state index in [1.807, 2.05) is 0 Å². The van der Waals surface area contributed by atoms with Crippen LogP contribution in [-0.4, -0.2) is 22.7 Å². The lowest BCUT2D eigenvalue weighted by molar-refractivity contribution is -0.137. The summed E-state index contributed by atoms with van der Waals surface area (Å²) in [5, 5.41) is 17.8. The maximum absolute atomic E-state index is 12.5. The highest BCUT2D eigenvalue weighted by Crippen LogP contribution is 2.29. The first-order valence-corrected chi connectivity index (χ1v) is 5.93. The molecule has 0 fully saturated rings. The number of carboxylic acids is 1. The summed E-state index contributed by atoms with van der Waals surface area (Å²) >= 11 is 0. The predicted octanol–water partition coefficient (Wildman–Crippen LogP) is 3.50. The molecule has 0 aromatic heterocycles. The van der Waals surface area contributed by atoms with Crippen molar-refractivity contribution < 1.29 is 28.2 Å². The zero-order valence-corrected chi connectivity index (χ0v) is 11.1. The number of hydrogen-bond acceptors (Lipinski definition) is 2. The molecular formula is C14H13F3NO3+. The van der Waals surface area contributed by atoms with E-state index < -0.39 is 29.0 Å². The van der Waals surface area contributed by atoms with Gasteiger partial charge in [-0.3, -0.25) is 0 Å². The van der Waals surface area contributed by atoms with E-state index in [1.54, 1.807) is 0 Å². The molecule has 0 heterocycles. The van der Waals surface area contributed by atoms with Crippen LogP contribution in [0.5, 0.6) is 0 Å². The number of aliphatic carboxylic acids is 1. The fourth-order valence-corrected chi connectivity index (χ4v) is 1.51. The van der Waals surface area contributed by atoms with Crippen molar-refractivity contribution in [2.24, 2.45) is 0 Å². The van der Waals surface area contributed by atoms with E-state index in [0.29, 0.717) is 5.56 Å². The van der Waals surface area contributed by atoms with E-state index in [0.717, 1.165) is 12.1 Å². The minimum absolute atomic E-state index is 0.0609. The number of nitrogens with zero attached hydrogens (tertiary/aromatic N) is 1. The lowest BCUT2D eigenvalue weighted by Crippen LogP contribution is -2.05. The molecule has 0 bridgehead atoms. The second-order valence-electron chi connectivity index (χ2n) is 4.21. The largest absolute Gasteiger partial charge is 0.511 e. The lowest BCUT2D eigenvalue weighted by atomic mass is 10.1.